The highest BCUT2D eigenvalue weighted by Gasteiger charge is 2.21. The van der Waals surface area contributed by atoms with Gasteiger partial charge in [0.25, 0.3) is 0 Å². The van der Waals surface area contributed by atoms with Gasteiger partial charge in [-0.15, -0.1) is 0 Å². The van der Waals surface area contributed by atoms with E-state index in [-0.39, 0.29) is 18.4 Å². The number of furan rings is 1. The molecule has 2 aromatic rings. The van der Waals surface area contributed by atoms with Crippen molar-refractivity contribution in [1.82, 2.24) is 15.0 Å². The van der Waals surface area contributed by atoms with Gasteiger partial charge < -0.3 is 19.2 Å². The Morgan fingerprint density at radius 3 is 2.58 bits per heavy atom. The highest BCUT2D eigenvalue weighted by molar-refractivity contribution is 5.92. The summed E-state index contributed by atoms with van der Waals surface area (Å²) < 4.78 is 10.3. The average molecular weight is 358 g/mol. The van der Waals surface area contributed by atoms with E-state index in [0.29, 0.717) is 43.5 Å². The second-order valence-electron chi connectivity index (χ2n) is 6.25. The summed E-state index contributed by atoms with van der Waals surface area (Å²) in [6, 6.07) is 5.35. The lowest BCUT2D eigenvalue weighted by Crippen LogP contribution is -2.50. The molecule has 1 saturated heterocycles. The Bertz CT molecular complexity index is 800. The first kappa shape index (κ1) is 17.9. The molecule has 1 aliphatic rings. The van der Waals surface area contributed by atoms with Crippen LogP contribution in [0.2, 0.25) is 0 Å². The third-order valence-electron chi connectivity index (χ3n) is 4.10. The van der Waals surface area contributed by atoms with E-state index in [0.717, 1.165) is 5.76 Å². The molecular formula is C18H22N4O4. The molecule has 8 heteroatoms. The van der Waals surface area contributed by atoms with Gasteiger partial charge in [-0.3, -0.25) is 14.5 Å². The fourth-order valence-electron chi connectivity index (χ4n) is 2.74. The highest BCUT2D eigenvalue weighted by atomic mass is 16.5. The van der Waals surface area contributed by atoms with E-state index in [4.69, 9.17) is 8.94 Å². The van der Waals surface area contributed by atoms with E-state index in [1.165, 1.54) is 6.08 Å². The molecule has 0 aliphatic carbocycles. The van der Waals surface area contributed by atoms with Gasteiger partial charge in [-0.05, 0) is 32.1 Å². The first-order chi connectivity index (χ1) is 12.5. The fraction of sp³-hybridized carbons (Fsp3) is 0.389. The minimum absolute atomic E-state index is 0.0544. The summed E-state index contributed by atoms with van der Waals surface area (Å²) in [7, 11) is 0. The maximum atomic E-state index is 12.2. The first-order valence-electron chi connectivity index (χ1n) is 8.48. The summed E-state index contributed by atoms with van der Waals surface area (Å²) in [4.78, 5) is 28.0. The molecule has 1 fully saturated rings. The van der Waals surface area contributed by atoms with Crippen molar-refractivity contribution in [3.8, 4) is 0 Å². The van der Waals surface area contributed by atoms with Crippen LogP contribution >= 0.6 is 0 Å². The second kappa shape index (κ2) is 8.01. The van der Waals surface area contributed by atoms with Crippen LogP contribution in [-0.4, -0.2) is 59.5 Å². The van der Waals surface area contributed by atoms with Gasteiger partial charge in [-0.1, -0.05) is 5.16 Å². The van der Waals surface area contributed by atoms with Crippen LogP contribution in [0.25, 0.3) is 6.08 Å². The highest BCUT2D eigenvalue weighted by Crippen LogP contribution is 2.10. The number of rotatable bonds is 5. The molecule has 0 saturated carbocycles. The van der Waals surface area contributed by atoms with Gasteiger partial charge in [0.05, 0.1) is 6.54 Å². The third-order valence-corrected chi connectivity index (χ3v) is 4.10. The van der Waals surface area contributed by atoms with Crippen molar-refractivity contribution in [3.63, 3.8) is 0 Å². The fourth-order valence-corrected chi connectivity index (χ4v) is 2.74. The van der Waals surface area contributed by atoms with E-state index in [1.807, 2.05) is 24.0 Å². The normalized spacial score (nSPS) is 15.5. The molecule has 0 radical (unpaired) electrons. The largest absolute Gasteiger partial charge is 0.462 e. The molecule has 26 heavy (non-hydrogen) atoms. The number of aryl methyl sites for hydroxylation is 2. The van der Waals surface area contributed by atoms with Gasteiger partial charge >= 0.3 is 0 Å². The molecule has 3 rings (SSSR count). The van der Waals surface area contributed by atoms with Crippen molar-refractivity contribution in [2.24, 2.45) is 0 Å². The number of anilines is 1. The van der Waals surface area contributed by atoms with Crippen LogP contribution in [0.15, 0.2) is 33.2 Å². The molecular weight excluding hydrogens is 336 g/mol. The summed E-state index contributed by atoms with van der Waals surface area (Å²) in [5.41, 5.74) is 0. The van der Waals surface area contributed by atoms with Crippen molar-refractivity contribution >= 4 is 23.7 Å². The Morgan fingerprint density at radius 1 is 1.19 bits per heavy atom. The topological polar surface area (TPSA) is 91.8 Å². The Kier molecular flexibility index (Phi) is 5.52. The van der Waals surface area contributed by atoms with Crippen LogP contribution < -0.4 is 5.32 Å². The minimum atomic E-state index is -0.147. The van der Waals surface area contributed by atoms with Gasteiger partial charge in [0.15, 0.2) is 5.82 Å². The Morgan fingerprint density at radius 2 is 1.96 bits per heavy atom. The standard InChI is InChI=1S/C18H22N4O4/c1-13-3-4-15(25-13)5-6-18(24)22-9-7-21(8-10-22)12-17(23)19-16-11-14(2)26-20-16/h3-6,11H,7-10,12H2,1-2H3,(H,19,20,23)/b6-5+. The minimum Gasteiger partial charge on any atom is -0.462 e. The van der Waals surface area contributed by atoms with Crippen molar-refractivity contribution < 1.29 is 18.5 Å². The summed E-state index contributed by atoms with van der Waals surface area (Å²) >= 11 is 0. The molecule has 3 heterocycles. The van der Waals surface area contributed by atoms with E-state index in [1.54, 1.807) is 24.0 Å². The summed E-state index contributed by atoms with van der Waals surface area (Å²) in [5, 5.41) is 6.43. The molecule has 0 atom stereocenters. The van der Waals surface area contributed by atoms with Crippen LogP contribution in [0.1, 0.15) is 17.3 Å². The van der Waals surface area contributed by atoms with Crippen LogP contribution in [0.5, 0.6) is 0 Å². The number of hydrogen-bond acceptors (Lipinski definition) is 6. The van der Waals surface area contributed by atoms with Crippen molar-refractivity contribution in [2.75, 3.05) is 38.0 Å². The SMILES string of the molecule is Cc1cc(NC(=O)CN2CCN(C(=O)/C=C/c3ccc(C)o3)CC2)no1. The van der Waals surface area contributed by atoms with Gasteiger partial charge in [0.1, 0.15) is 17.3 Å². The second-order valence-corrected chi connectivity index (χ2v) is 6.25. The molecule has 1 aliphatic heterocycles. The van der Waals surface area contributed by atoms with Crippen molar-refractivity contribution in [2.45, 2.75) is 13.8 Å². The first-order valence-corrected chi connectivity index (χ1v) is 8.48. The predicted octanol–water partition coefficient (Wildman–Crippen LogP) is 1.68. The van der Waals surface area contributed by atoms with Crippen LogP contribution in [-0.2, 0) is 9.59 Å². The summed E-state index contributed by atoms with van der Waals surface area (Å²) in [6.07, 6.45) is 3.20. The molecule has 0 aromatic carbocycles. The van der Waals surface area contributed by atoms with Crippen LogP contribution in [0.4, 0.5) is 5.82 Å². The molecule has 138 valence electrons. The Hall–Kier alpha value is -2.87. The zero-order valence-corrected chi connectivity index (χ0v) is 14.9. The Labute approximate surface area is 151 Å². The number of hydrogen-bond donors (Lipinski definition) is 1. The number of nitrogens with one attached hydrogen (secondary N) is 1. The lowest BCUT2D eigenvalue weighted by atomic mass is 10.3. The van der Waals surface area contributed by atoms with Crippen LogP contribution in [0, 0.1) is 13.8 Å². The van der Waals surface area contributed by atoms with Gasteiger partial charge in [-0.25, -0.2) is 0 Å². The number of piperazine rings is 1. The molecule has 0 spiro atoms. The number of carbonyl (C=O) groups is 2. The number of amides is 2. The van der Waals surface area contributed by atoms with E-state index in [2.05, 4.69) is 10.5 Å². The molecule has 2 amide bonds. The van der Waals surface area contributed by atoms with Crippen molar-refractivity contribution in [3.05, 3.63) is 41.6 Å². The van der Waals surface area contributed by atoms with E-state index in [9.17, 15) is 9.59 Å². The Balaban J connectivity index is 1.42. The lowest BCUT2D eigenvalue weighted by molar-refractivity contribution is -0.127. The van der Waals surface area contributed by atoms with Gasteiger partial charge in [-0.2, -0.15) is 0 Å². The summed E-state index contributed by atoms with van der Waals surface area (Å²) in [6.45, 7) is 6.33. The molecule has 0 unspecified atom stereocenters. The summed E-state index contributed by atoms with van der Waals surface area (Å²) in [5.74, 6) is 2.33. The quantitative estimate of drug-likeness (QED) is 0.818. The monoisotopic (exact) mass is 358 g/mol. The third kappa shape index (κ3) is 4.82. The van der Waals surface area contributed by atoms with Gasteiger partial charge in [0.2, 0.25) is 11.8 Å². The van der Waals surface area contributed by atoms with Crippen molar-refractivity contribution in [1.29, 1.82) is 0 Å². The smallest absolute Gasteiger partial charge is 0.246 e. The molecule has 0 bridgehead atoms. The molecule has 2 aromatic heterocycles. The zero-order valence-electron chi connectivity index (χ0n) is 14.9. The van der Waals surface area contributed by atoms with E-state index >= 15 is 0 Å². The lowest BCUT2D eigenvalue weighted by Gasteiger charge is -2.33. The van der Waals surface area contributed by atoms with Crippen LogP contribution in [0.3, 0.4) is 0 Å². The van der Waals surface area contributed by atoms with Gasteiger partial charge in [0, 0.05) is 38.3 Å². The zero-order chi connectivity index (χ0) is 18.5. The van der Waals surface area contributed by atoms with E-state index < -0.39 is 0 Å². The maximum absolute atomic E-state index is 12.2. The average Bonchev–Trinajstić information content (AvgIpc) is 3.21. The molecule has 1 N–H and O–H groups in total. The number of nitrogens with zero attached hydrogens (tertiary/aromatic N) is 3. The maximum Gasteiger partial charge on any atom is 0.246 e. The predicted molar refractivity (Wildman–Crippen MR) is 95.4 cm³/mol. The molecule has 8 nitrogen and oxygen atoms in total. The number of carbonyl (C=O) groups excluding carboxylic acids is 2. The number of aromatic nitrogens is 1.